The molecule has 0 atom stereocenters. The van der Waals surface area contributed by atoms with Crippen LogP contribution in [0.4, 0.5) is 0 Å². The molecule has 0 bridgehead atoms. The first-order valence-electron chi connectivity index (χ1n) is 11.1. The second kappa shape index (κ2) is 12.4. The molecule has 0 unspecified atom stereocenters. The normalized spacial score (nSPS) is 14.2. The van der Waals surface area contributed by atoms with Gasteiger partial charge in [-0.05, 0) is 29.7 Å². The number of nitrogens with one attached hydrogen (secondary N) is 1. The van der Waals surface area contributed by atoms with Gasteiger partial charge in [-0.1, -0.05) is 60.7 Å². The Balaban J connectivity index is 0.00000306. The number of aliphatic imine (C=N–C) groups is 1. The summed E-state index contributed by atoms with van der Waals surface area (Å²) in [4.78, 5) is 21.0. The lowest BCUT2D eigenvalue weighted by atomic mass is 9.88. The molecule has 7 heteroatoms. The molecule has 1 saturated heterocycles. The third kappa shape index (κ3) is 6.37. The summed E-state index contributed by atoms with van der Waals surface area (Å²) in [5.41, 5.74) is 2.64. The smallest absolute Gasteiger partial charge is 0.289 e. The highest BCUT2D eigenvalue weighted by molar-refractivity contribution is 14.0. The van der Waals surface area contributed by atoms with E-state index in [0.717, 1.165) is 32.0 Å². The van der Waals surface area contributed by atoms with Crippen molar-refractivity contribution in [1.82, 2.24) is 15.1 Å². The first kappa shape index (κ1) is 24.8. The molecule has 1 aromatic heterocycles. The average molecular weight is 558 g/mol. The van der Waals surface area contributed by atoms with Gasteiger partial charge in [0, 0.05) is 45.7 Å². The Morgan fingerprint density at radius 2 is 1.48 bits per heavy atom. The van der Waals surface area contributed by atoms with Gasteiger partial charge in [-0.15, -0.1) is 24.0 Å². The van der Waals surface area contributed by atoms with Crippen molar-refractivity contribution in [3.05, 3.63) is 95.9 Å². The molecule has 174 valence electrons. The number of halogens is 1. The Bertz CT molecular complexity index is 962. The van der Waals surface area contributed by atoms with Crippen LogP contribution < -0.4 is 5.32 Å². The van der Waals surface area contributed by atoms with Crippen LogP contribution in [-0.4, -0.2) is 61.4 Å². The molecule has 2 heterocycles. The molecular weight excluding hydrogens is 527 g/mol. The Hall–Kier alpha value is -2.81. The zero-order valence-corrected chi connectivity index (χ0v) is 21.2. The number of hydrogen-bond donors (Lipinski definition) is 1. The largest absolute Gasteiger partial charge is 0.459 e. The number of hydrogen-bond acceptors (Lipinski definition) is 3. The number of carbonyl (C=O) groups excluding carboxylic acids is 1. The van der Waals surface area contributed by atoms with Crippen molar-refractivity contribution >= 4 is 35.8 Å². The molecule has 1 aliphatic rings. The number of furan rings is 1. The zero-order chi connectivity index (χ0) is 22.2. The highest BCUT2D eigenvalue weighted by atomic mass is 127. The van der Waals surface area contributed by atoms with Crippen LogP contribution in [0.2, 0.25) is 0 Å². The highest BCUT2D eigenvalue weighted by Gasteiger charge is 2.25. The van der Waals surface area contributed by atoms with E-state index < -0.39 is 0 Å². The topological polar surface area (TPSA) is 61.1 Å². The van der Waals surface area contributed by atoms with Gasteiger partial charge in [0.2, 0.25) is 0 Å². The summed E-state index contributed by atoms with van der Waals surface area (Å²) in [5.74, 6) is 1.56. The molecule has 6 nitrogen and oxygen atoms in total. The zero-order valence-electron chi connectivity index (χ0n) is 18.9. The minimum atomic E-state index is -0.0499. The van der Waals surface area contributed by atoms with Crippen LogP contribution in [0, 0.1) is 0 Å². The molecule has 1 N–H and O–H groups in total. The molecule has 1 aliphatic heterocycles. The standard InChI is InChI=1S/C26H30N4O2.HI/c1-27-26(30-18-16-29(17-19-30)25(31)24-13-8-20-32-24)28-15-14-23(21-9-4-2-5-10-21)22-11-6-3-7-12-22;/h2-13,20,23H,14-19H2,1H3,(H,27,28);1H. The van der Waals surface area contributed by atoms with Gasteiger partial charge < -0.3 is 19.5 Å². The quantitative estimate of drug-likeness (QED) is 0.276. The Morgan fingerprint density at radius 3 is 2.00 bits per heavy atom. The van der Waals surface area contributed by atoms with Crippen LogP contribution in [0.3, 0.4) is 0 Å². The fourth-order valence-electron chi connectivity index (χ4n) is 4.23. The molecule has 0 spiro atoms. The predicted octanol–water partition coefficient (Wildman–Crippen LogP) is 4.45. The number of amides is 1. The number of guanidine groups is 1. The van der Waals surface area contributed by atoms with E-state index in [1.807, 2.05) is 11.9 Å². The summed E-state index contributed by atoms with van der Waals surface area (Å²) in [6.45, 7) is 3.60. The second-order valence-corrected chi connectivity index (χ2v) is 7.89. The summed E-state index contributed by atoms with van der Waals surface area (Å²) in [7, 11) is 1.81. The third-order valence-electron chi connectivity index (χ3n) is 5.93. The number of nitrogens with zero attached hydrogens (tertiary/aromatic N) is 3. The van der Waals surface area contributed by atoms with Crippen molar-refractivity contribution in [3.8, 4) is 0 Å². The van der Waals surface area contributed by atoms with E-state index in [0.29, 0.717) is 24.8 Å². The van der Waals surface area contributed by atoms with Crippen molar-refractivity contribution in [2.45, 2.75) is 12.3 Å². The van der Waals surface area contributed by atoms with E-state index in [9.17, 15) is 4.79 Å². The Labute approximate surface area is 212 Å². The molecule has 0 radical (unpaired) electrons. The lowest BCUT2D eigenvalue weighted by Gasteiger charge is -2.36. The SMILES string of the molecule is CN=C(NCCC(c1ccccc1)c1ccccc1)N1CCN(C(=O)c2ccco2)CC1.I. The van der Waals surface area contributed by atoms with Crippen LogP contribution in [0.1, 0.15) is 34.0 Å². The van der Waals surface area contributed by atoms with Crippen LogP contribution in [-0.2, 0) is 0 Å². The fraction of sp³-hybridized carbons (Fsp3) is 0.308. The minimum Gasteiger partial charge on any atom is -0.459 e. The number of rotatable bonds is 6. The van der Waals surface area contributed by atoms with Gasteiger partial charge in [-0.3, -0.25) is 9.79 Å². The van der Waals surface area contributed by atoms with Crippen molar-refractivity contribution < 1.29 is 9.21 Å². The monoisotopic (exact) mass is 558 g/mol. The van der Waals surface area contributed by atoms with Gasteiger partial charge in [-0.25, -0.2) is 0 Å². The van der Waals surface area contributed by atoms with Crippen LogP contribution in [0.15, 0.2) is 88.5 Å². The first-order chi connectivity index (χ1) is 15.8. The summed E-state index contributed by atoms with van der Waals surface area (Å²) in [5, 5.41) is 3.53. The average Bonchev–Trinajstić information content (AvgIpc) is 3.40. The van der Waals surface area contributed by atoms with E-state index in [2.05, 4.69) is 75.9 Å². The van der Waals surface area contributed by atoms with E-state index >= 15 is 0 Å². The van der Waals surface area contributed by atoms with Crippen LogP contribution in [0.5, 0.6) is 0 Å². The molecular formula is C26H31IN4O2. The lowest BCUT2D eigenvalue weighted by Crippen LogP contribution is -2.53. The van der Waals surface area contributed by atoms with Crippen molar-refractivity contribution in [2.24, 2.45) is 4.99 Å². The van der Waals surface area contributed by atoms with Gasteiger partial charge >= 0.3 is 0 Å². The molecule has 2 aromatic carbocycles. The van der Waals surface area contributed by atoms with E-state index in [1.54, 1.807) is 12.1 Å². The maximum absolute atomic E-state index is 12.5. The van der Waals surface area contributed by atoms with E-state index in [1.165, 1.54) is 17.4 Å². The first-order valence-corrected chi connectivity index (χ1v) is 11.1. The van der Waals surface area contributed by atoms with Crippen molar-refractivity contribution in [2.75, 3.05) is 39.8 Å². The molecule has 3 aromatic rings. The maximum atomic E-state index is 12.5. The summed E-state index contributed by atoms with van der Waals surface area (Å²) >= 11 is 0. The van der Waals surface area contributed by atoms with Gasteiger partial charge in [-0.2, -0.15) is 0 Å². The fourth-order valence-corrected chi connectivity index (χ4v) is 4.23. The molecule has 0 saturated carbocycles. The second-order valence-electron chi connectivity index (χ2n) is 7.89. The predicted molar refractivity (Wildman–Crippen MR) is 142 cm³/mol. The summed E-state index contributed by atoms with van der Waals surface area (Å²) in [6.07, 6.45) is 2.50. The van der Waals surface area contributed by atoms with Gasteiger partial charge in [0.1, 0.15) is 0 Å². The van der Waals surface area contributed by atoms with Gasteiger partial charge in [0.25, 0.3) is 5.91 Å². The summed E-state index contributed by atoms with van der Waals surface area (Å²) in [6, 6.07) is 24.7. The molecule has 1 amide bonds. The number of carbonyl (C=O) groups is 1. The minimum absolute atomic E-state index is 0. The van der Waals surface area contributed by atoms with Gasteiger partial charge in [0.15, 0.2) is 11.7 Å². The lowest BCUT2D eigenvalue weighted by molar-refractivity contribution is 0.0657. The molecule has 0 aliphatic carbocycles. The Kier molecular flexibility index (Phi) is 9.35. The Morgan fingerprint density at radius 1 is 0.909 bits per heavy atom. The van der Waals surface area contributed by atoms with Gasteiger partial charge in [0.05, 0.1) is 6.26 Å². The number of benzene rings is 2. The molecule has 4 rings (SSSR count). The molecule has 1 fully saturated rings. The molecule has 33 heavy (non-hydrogen) atoms. The summed E-state index contributed by atoms with van der Waals surface area (Å²) < 4.78 is 5.25. The number of piperazine rings is 1. The van der Waals surface area contributed by atoms with Crippen LogP contribution >= 0.6 is 24.0 Å². The van der Waals surface area contributed by atoms with E-state index in [4.69, 9.17) is 4.42 Å². The van der Waals surface area contributed by atoms with E-state index in [-0.39, 0.29) is 29.9 Å². The highest BCUT2D eigenvalue weighted by Crippen LogP contribution is 2.27. The van der Waals surface area contributed by atoms with Crippen molar-refractivity contribution in [3.63, 3.8) is 0 Å². The maximum Gasteiger partial charge on any atom is 0.289 e. The third-order valence-corrected chi connectivity index (χ3v) is 5.93. The van der Waals surface area contributed by atoms with Crippen LogP contribution in [0.25, 0.3) is 0 Å². The van der Waals surface area contributed by atoms with Crippen molar-refractivity contribution in [1.29, 1.82) is 0 Å².